The van der Waals surface area contributed by atoms with E-state index in [4.69, 9.17) is 0 Å². The van der Waals surface area contributed by atoms with Crippen LogP contribution in [0.4, 0.5) is 0 Å². The summed E-state index contributed by atoms with van der Waals surface area (Å²) in [4.78, 5) is 0. The first kappa shape index (κ1) is 13.5. The standard InChI is InChI=1S/C14H26/c1-9-11(4)14(7,8)13(6)12(5)10(2)3/h9-10H,1-8H3. The third-order valence-electron chi connectivity index (χ3n) is 3.81. The molecule has 0 nitrogen and oxygen atoms in total. The molecule has 0 unspecified atom stereocenters. The molecule has 0 saturated carbocycles. The smallest absolute Gasteiger partial charge is 0.00610 e. The minimum Gasteiger partial charge on any atom is -0.0879 e. The first-order valence-corrected chi connectivity index (χ1v) is 5.56. The third-order valence-corrected chi connectivity index (χ3v) is 3.81. The van der Waals surface area contributed by atoms with Gasteiger partial charge in [-0.25, -0.2) is 0 Å². The Morgan fingerprint density at radius 3 is 1.79 bits per heavy atom. The Balaban J connectivity index is 5.21. The molecule has 0 aromatic rings. The maximum absolute atomic E-state index is 2.31. The van der Waals surface area contributed by atoms with E-state index in [1.165, 1.54) is 16.7 Å². The molecule has 0 fully saturated rings. The highest BCUT2D eigenvalue weighted by Gasteiger charge is 2.23. The van der Waals surface area contributed by atoms with Crippen molar-refractivity contribution in [3.63, 3.8) is 0 Å². The molecule has 0 heterocycles. The summed E-state index contributed by atoms with van der Waals surface area (Å²) in [5, 5.41) is 0. The van der Waals surface area contributed by atoms with Crippen molar-refractivity contribution in [2.45, 2.75) is 55.4 Å². The van der Waals surface area contributed by atoms with Gasteiger partial charge >= 0.3 is 0 Å². The van der Waals surface area contributed by atoms with Gasteiger partial charge in [-0.15, -0.1) is 0 Å². The van der Waals surface area contributed by atoms with Gasteiger partial charge in [0.25, 0.3) is 0 Å². The first-order valence-electron chi connectivity index (χ1n) is 5.56. The van der Waals surface area contributed by atoms with Crippen LogP contribution in [0.15, 0.2) is 22.8 Å². The Kier molecular flexibility index (Phi) is 4.64. The van der Waals surface area contributed by atoms with Crippen molar-refractivity contribution in [2.75, 3.05) is 0 Å². The van der Waals surface area contributed by atoms with E-state index < -0.39 is 0 Å². The molecule has 0 radical (unpaired) electrons. The van der Waals surface area contributed by atoms with E-state index in [2.05, 4.69) is 61.5 Å². The van der Waals surface area contributed by atoms with Gasteiger partial charge in [-0.3, -0.25) is 0 Å². The number of hydrogen-bond acceptors (Lipinski definition) is 0. The molecule has 14 heavy (non-hydrogen) atoms. The molecule has 0 amide bonds. The van der Waals surface area contributed by atoms with Crippen LogP contribution in [-0.4, -0.2) is 0 Å². The summed E-state index contributed by atoms with van der Waals surface area (Å²) in [6.07, 6.45) is 2.22. The molecule has 0 aliphatic rings. The summed E-state index contributed by atoms with van der Waals surface area (Å²) in [5.41, 5.74) is 4.71. The van der Waals surface area contributed by atoms with Crippen molar-refractivity contribution in [1.82, 2.24) is 0 Å². The van der Waals surface area contributed by atoms with Crippen molar-refractivity contribution in [1.29, 1.82) is 0 Å². The molecule has 0 aromatic heterocycles. The summed E-state index contributed by atoms with van der Waals surface area (Å²) >= 11 is 0. The van der Waals surface area contributed by atoms with Gasteiger partial charge in [0.15, 0.2) is 0 Å². The molecule has 0 atom stereocenters. The molecule has 0 saturated heterocycles. The molecule has 82 valence electrons. The van der Waals surface area contributed by atoms with Gasteiger partial charge in [0, 0.05) is 5.41 Å². The minimum atomic E-state index is 0.211. The highest BCUT2D eigenvalue weighted by molar-refractivity contribution is 5.28. The number of rotatable bonds is 3. The summed E-state index contributed by atoms with van der Waals surface area (Å²) in [5.74, 6) is 0.652. The summed E-state index contributed by atoms with van der Waals surface area (Å²) in [6.45, 7) is 18.0. The number of hydrogen-bond donors (Lipinski definition) is 0. The van der Waals surface area contributed by atoms with E-state index in [1.807, 2.05) is 0 Å². The fourth-order valence-electron chi connectivity index (χ4n) is 1.58. The molecule has 0 aromatic carbocycles. The second-order valence-electron chi connectivity index (χ2n) is 5.06. The van der Waals surface area contributed by atoms with Gasteiger partial charge in [0.2, 0.25) is 0 Å². The van der Waals surface area contributed by atoms with Gasteiger partial charge in [-0.2, -0.15) is 0 Å². The maximum atomic E-state index is 2.31. The van der Waals surface area contributed by atoms with E-state index in [9.17, 15) is 0 Å². The van der Waals surface area contributed by atoms with Crippen LogP contribution >= 0.6 is 0 Å². The van der Waals surface area contributed by atoms with Crippen molar-refractivity contribution < 1.29 is 0 Å². The van der Waals surface area contributed by atoms with E-state index >= 15 is 0 Å². The summed E-state index contributed by atoms with van der Waals surface area (Å²) < 4.78 is 0. The predicted molar refractivity (Wildman–Crippen MR) is 66.4 cm³/mol. The normalized spacial score (nSPS) is 15.9. The third kappa shape index (κ3) is 2.73. The van der Waals surface area contributed by atoms with Crippen LogP contribution in [0.2, 0.25) is 0 Å². The van der Waals surface area contributed by atoms with Gasteiger partial charge in [0.1, 0.15) is 0 Å². The molecule has 0 rings (SSSR count). The van der Waals surface area contributed by atoms with E-state index in [0.29, 0.717) is 5.92 Å². The Bertz CT molecular complexity index is 249. The zero-order valence-electron chi connectivity index (χ0n) is 11.2. The lowest BCUT2D eigenvalue weighted by molar-refractivity contribution is 0.520. The Morgan fingerprint density at radius 1 is 1.07 bits per heavy atom. The highest BCUT2D eigenvalue weighted by atomic mass is 14.3. The minimum absolute atomic E-state index is 0.211. The van der Waals surface area contributed by atoms with Gasteiger partial charge < -0.3 is 0 Å². The average molecular weight is 194 g/mol. The maximum Gasteiger partial charge on any atom is 0.00610 e. The lowest BCUT2D eigenvalue weighted by Gasteiger charge is -2.30. The van der Waals surface area contributed by atoms with Crippen molar-refractivity contribution in [2.24, 2.45) is 11.3 Å². The predicted octanol–water partition coefficient (Wildman–Crippen LogP) is 4.97. The van der Waals surface area contributed by atoms with E-state index in [0.717, 1.165) is 0 Å². The fraction of sp³-hybridized carbons (Fsp3) is 0.714. The monoisotopic (exact) mass is 194 g/mol. The summed E-state index contributed by atoms with van der Waals surface area (Å²) in [6, 6.07) is 0. The average Bonchev–Trinajstić information content (AvgIpc) is 2.13. The van der Waals surface area contributed by atoms with Gasteiger partial charge in [0.05, 0.1) is 0 Å². The lowest BCUT2D eigenvalue weighted by Crippen LogP contribution is -2.17. The van der Waals surface area contributed by atoms with Gasteiger partial charge in [-0.1, -0.05) is 50.5 Å². The van der Waals surface area contributed by atoms with Crippen molar-refractivity contribution in [3.8, 4) is 0 Å². The van der Waals surface area contributed by atoms with Crippen LogP contribution in [0.5, 0.6) is 0 Å². The highest BCUT2D eigenvalue weighted by Crippen LogP contribution is 2.37. The largest absolute Gasteiger partial charge is 0.0879 e. The van der Waals surface area contributed by atoms with Crippen LogP contribution in [0, 0.1) is 11.3 Å². The second-order valence-corrected chi connectivity index (χ2v) is 5.06. The fourth-order valence-corrected chi connectivity index (χ4v) is 1.58. The molecule has 0 heteroatoms. The molecule has 0 bridgehead atoms. The number of allylic oxidation sites excluding steroid dienone is 4. The van der Waals surface area contributed by atoms with Crippen molar-refractivity contribution in [3.05, 3.63) is 22.8 Å². The Labute approximate surface area is 90.1 Å². The van der Waals surface area contributed by atoms with Crippen LogP contribution in [0.25, 0.3) is 0 Å². The van der Waals surface area contributed by atoms with Crippen LogP contribution in [-0.2, 0) is 0 Å². The van der Waals surface area contributed by atoms with Crippen LogP contribution in [0.1, 0.15) is 55.4 Å². The molecule has 0 N–H and O–H groups in total. The van der Waals surface area contributed by atoms with Crippen LogP contribution < -0.4 is 0 Å². The quantitative estimate of drug-likeness (QED) is 0.556. The second kappa shape index (κ2) is 4.82. The molecule has 0 spiro atoms. The molecule has 0 aliphatic carbocycles. The van der Waals surface area contributed by atoms with Gasteiger partial charge in [-0.05, 0) is 33.6 Å². The molecular weight excluding hydrogens is 168 g/mol. The zero-order valence-corrected chi connectivity index (χ0v) is 11.2. The molecular formula is C14H26. The Hall–Kier alpha value is -0.520. The summed E-state index contributed by atoms with van der Waals surface area (Å²) in [7, 11) is 0. The van der Waals surface area contributed by atoms with Crippen molar-refractivity contribution >= 4 is 0 Å². The topological polar surface area (TPSA) is 0 Å². The first-order chi connectivity index (χ1) is 6.25. The molecule has 0 aliphatic heterocycles. The van der Waals surface area contributed by atoms with E-state index in [1.54, 1.807) is 0 Å². The zero-order chi connectivity index (χ0) is 11.5. The van der Waals surface area contributed by atoms with Crippen LogP contribution in [0.3, 0.4) is 0 Å². The SMILES string of the molecule is CC=C(C)C(C)(C)C(C)=C(C)C(C)C. The lowest BCUT2D eigenvalue weighted by atomic mass is 9.75. The van der Waals surface area contributed by atoms with E-state index in [-0.39, 0.29) is 5.41 Å². The Morgan fingerprint density at radius 2 is 1.50 bits per heavy atom.